The average Bonchev–Trinajstić information content (AvgIpc) is 3.17. The van der Waals surface area contributed by atoms with E-state index in [-0.39, 0.29) is 5.97 Å². The van der Waals surface area contributed by atoms with Crippen LogP contribution in [0.15, 0.2) is 18.2 Å². The standard InChI is InChI=1S/C16H23N3O2/c1-21-16(20)14-6-2-5-12(18-14)11-19-10-4-8-15(19)13-7-3-9-17-13/h2,5-6,13,15,17H,3-4,7-11H2,1H3. The van der Waals surface area contributed by atoms with Gasteiger partial charge in [-0.15, -0.1) is 0 Å². The van der Waals surface area contributed by atoms with Crippen molar-refractivity contribution in [2.45, 2.75) is 44.3 Å². The zero-order valence-corrected chi connectivity index (χ0v) is 12.5. The minimum absolute atomic E-state index is 0.368. The Morgan fingerprint density at radius 3 is 3.10 bits per heavy atom. The van der Waals surface area contributed by atoms with Gasteiger partial charge < -0.3 is 10.1 Å². The van der Waals surface area contributed by atoms with Crippen molar-refractivity contribution < 1.29 is 9.53 Å². The van der Waals surface area contributed by atoms with Gasteiger partial charge in [0.15, 0.2) is 0 Å². The predicted molar refractivity (Wildman–Crippen MR) is 80.0 cm³/mol. The van der Waals surface area contributed by atoms with Crippen molar-refractivity contribution >= 4 is 5.97 Å². The number of nitrogens with one attached hydrogen (secondary N) is 1. The summed E-state index contributed by atoms with van der Waals surface area (Å²) in [6.45, 7) is 3.08. The van der Waals surface area contributed by atoms with E-state index < -0.39 is 0 Å². The van der Waals surface area contributed by atoms with Crippen LogP contribution in [0.3, 0.4) is 0 Å². The summed E-state index contributed by atoms with van der Waals surface area (Å²) in [5.74, 6) is -0.368. The van der Waals surface area contributed by atoms with Gasteiger partial charge in [0.05, 0.1) is 12.8 Å². The molecule has 0 aliphatic carbocycles. The second-order valence-electron chi connectivity index (χ2n) is 5.89. The van der Waals surface area contributed by atoms with Crippen LogP contribution in [0.5, 0.6) is 0 Å². The lowest BCUT2D eigenvalue weighted by molar-refractivity contribution is 0.0593. The third-order valence-electron chi connectivity index (χ3n) is 4.54. The van der Waals surface area contributed by atoms with Crippen LogP contribution in [0.4, 0.5) is 0 Å². The molecule has 0 bridgehead atoms. The fraction of sp³-hybridized carbons (Fsp3) is 0.625. The highest BCUT2D eigenvalue weighted by Crippen LogP contribution is 2.26. The lowest BCUT2D eigenvalue weighted by Gasteiger charge is -2.29. The van der Waals surface area contributed by atoms with Crippen LogP contribution in [0.1, 0.15) is 41.9 Å². The normalized spacial score (nSPS) is 26.1. The molecular formula is C16H23N3O2. The number of methoxy groups -OCH3 is 1. The van der Waals surface area contributed by atoms with Gasteiger partial charge in [-0.25, -0.2) is 9.78 Å². The third kappa shape index (κ3) is 3.24. The zero-order chi connectivity index (χ0) is 14.7. The summed E-state index contributed by atoms with van der Waals surface area (Å²) in [6, 6.07) is 6.81. The van der Waals surface area contributed by atoms with Crippen LogP contribution < -0.4 is 5.32 Å². The molecule has 0 radical (unpaired) electrons. The van der Waals surface area contributed by atoms with E-state index in [0.717, 1.165) is 25.3 Å². The predicted octanol–water partition coefficient (Wildman–Crippen LogP) is 1.58. The maximum atomic E-state index is 11.6. The highest BCUT2D eigenvalue weighted by molar-refractivity contribution is 5.87. The van der Waals surface area contributed by atoms with E-state index in [1.807, 2.05) is 12.1 Å². The molecule has 0 aromatic carbocycles. The molecule has 3 heterocycles. The lowest BCUT2D eigenvalue weighted by Crippen LogP contribution is -2.43. The van der Waals surface area contributed by atoms with Gasteiger partial charge in [0.25, 0.3) is 0 Å². The molecule has 0 saturated carbocycles. The number of hydrogen-bond acceptors (Lipinski definition) is 5. The van der Waals surface area contributed by atoms with E-state index in [9.17, 15) is 4.79 Å². The summed E-state index contributed by atoms with van der Waals surface area (Å²) < 4.78 is 4.74. The number of esters is 1. The number of ether oxygens (including phenoxy) is 1. The van der Waals surface area contributed by atoms with Crippen molar-refractivity contribution in [3.8, 4) is 0 Å². The Labute approximate surface area is 125 Å². The summed E-state index contributed by atoms with van der Waals surface area (Å²) >= 11 is 0. The molecule has 5 nitrogen and oxygen atoms in total. The number of pyridine rings is 1. The first-order chi connectivity index (χ1) is 10.3. The van der Waals surface area contributed by atoms with Crippen LogP contribution >= 0.6 is 0 Å². The highest BCUT2D eigenvalue weighted by atomic mass is 16.5. The van der Waals surface area contributed by atoms with Crippen molar-refractivity contribution in [3.63, 3.8) is 0 Å². The van der Waals surface area contributed by atoms with Crippen molar-refractivity contribution in [1.82, 2.24) is 15.2 Å². The van der Waals surface area contributed by atoms with Gasteiger partial charge in [-0.3, -0.25) is 4.90 Å². The minimum Gasteiger partial charge on any atom is -0.464 e. The Morgan fingerprint density at radius 2 is 2.33 bits per heavy atom. The average molecular weight is 289 g/mol. The molecule has 0 spiro atoms. The number of likely N-dealkylation sites (tertiary alicyclic amines) is 1. The summed E-state index contributed by atoms with van der Waals surface area (Å²) in [5, 5.41) is 3.62. The Morgan fingerprint density at radius 1 is 1.43 bits per heavy atom. The second-order valence-corrected chi connectivity index (χ2v) is 5.89. The first-order valence-electron chi connectivity index (χ1n) is 7.79. The van der Waals surface area contributed by atoms with E-state index in [2.05, 4.69) is 15.2 Å². The fourth-order valence-corrected chi connectivity index (χ4v) is 3.54. The van der Waals surface area contributed by atoms with Crippen LogP contribution in [-0.4, -0.2) is 48.1 Å². The molecule has 2 atom stereocenters. The Hall–Kier alpha value is -1.46. The molecule has 21 heavy (non-hydrogen) atoms. The number of carbonyl (C=O) groups excluding carboxylic acids is 1. The second kappa shape index (κ2) is 6.54. The fourth-order valence-electron chi connectivity index (χ4n) is 3.54. The van der Waals surface area contributed by atoms with Crippen LogP contribution in [0.2, 0.25) is 0 Å². The van der Waals surface area contributed by atoms with Crippen LogP contribution in [0.25, 0.3) is 0 Å². The van der Waals surface area contributed by atoms with Gasteiger partial charge in [-0.2, -0.15) is 0 Å². The van der Waals surface area contributed by atoms with Gasteiger partial charge in [-0.1, -0.05) is 6.07 Å². The first-order valence-corrected chi connectivity index (χ1v) is 7.79. The van der Waals surface area contributed by atoms with Gasteiger partial charge in [-0.05, 0) is 50.9 Å². The molecule has 2 saturated heterocycles. The topological polar surface area (TPSA) is 54.5 Å². The molecule has 2 fully saturated rings. The molecule has 2 aliphatic heterocycles. The maximum Gasteiger partial charge on any atom is 0.356 e. The number of rotatable bonds is 4. The van der Waals surface area contributed by atoms with Crippen molar-refractivity contribution in [1.29, 1.82) is 0 Å². The zero-order valence-electron chi connectivity index (χ0n) is 12.5. The van der Waals surface area contributed by atoms with E-state index >= 15 is 0 Å². The third-order valence-corrected chi connectivity index (χ3v) is 4.54. The van der Waals surface area contributed by atoms with Gasteiger partial charge in [0, 0.05) is 18.6 Å². The molecular weight excluding hydrogens is 266 g/mol. The van der Waals surface area contributed by atoms with E-state index in [1.54, 1.807) is 6.07 Å². The van der Waals surface area contributed by atoms with Crippen molar-refractivity contribution in [2.75, 3.05) is 20.2 Å². The number of hydrogen-bond donors (Lipinski definition) is 1. The summed E-state index contributed by atoms with van der Waals surface area (Å²) in [4.78, 5) is 18.5. The monoisotopic (exact) mass is 289 g/mol. The summed E-state index contributed by atoms with van der Waals surface area (Å²) in [6.07, 6.45) is 5.07. The first kappa shape index (κ1) is 14.5. The Balaban J connectivity index is 1.69. The van der Waals surface area contributed by atoms with Crippen LogP contribution in [0, 0.1) is 0 Å². The van der Waals surface area contributed by atoms with Gasteiger partial charge in [0.2, 0.25) is 0 Å². The molecule has 3 rings (SSSR count). The summed E-state index contributed by atoms with van der Waals surface area (Å²) in [7, 11) is 1.39. The molecule has 114 valence electrons. The number of aromatic nitrogens is 1. The number of carbonyl (C=O) groups is 1. The Kier molecular flexibility index (Phi) is 4.51. The SMILES string of the molecule is COC(=O)c1cccc(CN2CCCC2C2CCCN2)n1. The number of nitrogens with zero attached hydrogens (tertiary/aromatic N) is 2. The minimum atomic E-state index is -0.368. The molecule has 0 amide bonds. The summed E-state index contributed by atoms with van der Waals surface area (Å²) in [5.41, 5.74) is 1.34. The van der Waals surface area contributed by atoms with Crippen molar-refractivity contribution in [2.24, 2.45) is 0 Å². The Bertz CT molecular complexity index is 500. The largest absolute Gasteiger partial charge is 0.464 e. The van der Waals surface area contributed by atoms with Crippen LogP contribution in [-0.2, 0) is 11.3 Å². The molecule has 2 aliphatic rings. The molecule has 1 aromatic heterocycles. The smallest absolute Gasteiger partial charge is 0.356 e. The molecule has 2 unspecified atom stereocenters. The molecule has 5 heteroatoms. The van der Waals surface area contributed by atoms with Crippen molar-refractivity contribution in [3.05, 3.63) is 29.6 Å². The van der Waals surface area contributed by atoms with Gasteiger partial charge in [0.1, 0.15) is 5.69 Å². The van der Waals surface area contributed by atoms with E-state index in [0.29, 0.717) is 17.8 Å². The van der Waals surface area contributed by atoms with Gasteiger partial charge >= 0.3 is 5.97 Å². The molecule has 1 N–H and O–H groups in total. The molecule has 1 aromatic rings. The van der Waals surface area contributed by atoms with E-state index in [4.69, 9.17) is 4.74 Å². The lowest BCUT2D eigenvalue weighted by atomic mass is 10.0. The maximum absolute atomic E-state index is 11.6. The quantitative estimate of drug-likeness (QED) is 0.853. The highest BCUT2D eigenvalue weighted by Gasteiger charge is 2.33. The van der Waals surface area contributed by atoms with E-state index in [1.165, 1.54) is 32.8 Å².